The van der Waals surface area contributed by atoms with Gasteiger partial charge in [-0.25, -0.2) is 13.1 Å². The van der Waals surface area contributed by atoms with Crippen molar-refractivity contribution in [2.24, 2.45) is 0 Å². The minimum atomic E-state index is -3.46. The molecule has 1 unspecified atom stereocenters. The van der Waals surface area contributed by atoms with Crippen LogP contribution in [0.15, 0.2) is 29.2 Å². The summed E-state index contributed by atoms with van der Waals surface area (Å²) in [6.07, 6.45) is 2.57. The number of carbonyl (C=O) groups is 1. The minimum Gasteiger partial charge on any atom is -0.325 e. The van der Waals surface area contributed by atoms with E-state index in [9.17, 15) is 13.2 Å². The highest BCUT2D eigenvalue weighted by Gasteiger charge is 2.22. The second-order valence-corrected chi connectivity index (χ2v) is 6.83. The van der Waals surface area contributed by atoms with Crippen molar-refractivity contribution in [2.75, 3.05) is 18.4 Å². The second-order valence-electron chi connectivity index (χ2n) is 5.06. The van der Waals surface area contributed by atoms with Gasteiger partial charge < -0.3 is 10.6 Å². The van der Waals surface area contributed by atoms with Crippen molar-refractivity contribution in [1.29, 1.82) is 0 Å². The maximum absolute atomic E-state index is 11.9. The highest BCUT2D eigenvalue weighted by Crippen LogP contribution is 2.15. The van der Waals surface area contributed by atoms with Gasteiger partial charge in [-0.1, -0.05) is 6.92 Å². The molecule has 3 N–H and O–H groups in total. The Bertz CT molecular complexity index is 578. The highest BCUT2D eigenvalue weighted by atomic mass is 32.2. The van der Waals surface area contributed by atoms with Gasteiger partial charge in [0.15, 0.2) is 0 Å². The molecule has 1 aromatic carbocycles. The first-order valence-corrected chi connectivity index (χ1v) is 8.65. The van der Waals surface area contributed by atoms with Crippen LogP contribution in [-0.4, -0.2) is 33.5 Å². The minimum absolute atomic E-state index is 0.0767. The Morgan fingerprint density at radius 3 is 2.62 bits per heavy atom. The molecule has 6 nitrogen and oxygen atoms in total. The monoisotopic (exact) mass is 311 g/mol. The summed E-state index contributed by atoms with van der Waals surface area (Å²) in [6.45, 7) is 3.17. The van der Waals surface area contributed by atoms with E-state index in [1.807, 2.05) is 6.92 Å². The van der Waals surface area contributed by atoms with Crippen LogP contribution in [0.3, 0.4) is 0 Å². The van der Waals surface area contributed by atoms with Gasteiger partial charge in [-0.2, -0.15) is 0 Å². The summed E-state index contributed by atoms with van der Waals surface area (Å²) in [5.41, 5.74) is 0.600. The molecule has 1 aliphatic heterocycles. The van der Waals surface area contributed by atoms with Crippen LogP contribution in [0.5, 0.6) is 0 Å². The molecule has 7 heteroatoms. The van der Waals surface area contributed by atoms with Crippen molar-refractivity contribution >= 4 is 21.6 Å². The lowest BCUT2D eigenvalue weighted by Gasteiger charge is -2.11. The van der Waals surface area contributed by atoms with E-state index in [1.165, 1.54) is 12.1 Å². The average Bonchev–Trinajstić information content (AvgIpc) is 3.00. The van der Waals surface area contributed by atoms with E-state index < -0.39 is 10.0 Å². The highest BCUT2D eigenvalue weighted by molar-refractivity contribution is 7.89. The molecule has 1 atom stereocenters. The summed E-state index contributed by atoms with van der Waals surface area (Å²) in [5, 5.41) is 5.91. The summed E-state index contributed by atoms with van der Waals surface area (Å²) in [7, 11) is -3.46. The van der Waals surface area contributed by atoms with Crippen LogP contribution in [-0.2, 0) is 14.8 Å². The van der Waals surface area contributed by atoms with Gasteiger partial charge in [0.1, 0.15) is 0 Å². The maximum atomic E-state index is 11.9. The average molecular weight is 311 g/mol. The molecule has 1 saturated heterocycles. The molecule has 21 heavy (non-hydrogen) atoms. The van der Waals surface area contributed by atoms with Gasteiger partial charge >= 0.3 is 0 Å². The van der Waals surface area contributed by atoms with E-state index in [-0.39, 0.29) is 16.8 Å². The fourth-order valence-corrected chi connectivity index (χ4v) is 3.31. The number of benzene rings is 1. The molecule has 0 saturated carbocycles. The number of sulfonamides is 1. The molecule has 1 heterocycles. The van der Waals surface area contributed by atoms with Gasteiger partial charge in [-0.3, -0.25) is 4.79 Å². The Morgan fingerprint density at radius 1 is 1.33 bits per heavy atom. The number of hydrogen-bond acceptors (Lipinski definition) is 4. The number of carbonyl (C=O) groups excluding carboxylic acids is 1. The first-order chi connectivity index (χ1) is 10.0. The van der Waals surface area contributed by atoms with Crippen LogP contribution in [0.25, 0.3) is 0 Å². The zero-order valence-corrected chi connectivity index (χ0v) is 12.9. The molecule has 1 aromatic rings. The number of nitrogens with one attached hydrogen (secondary N) is 3. The topological polar surface area (TPSA) is 87.3 Å². The Morgan fingerprint density at radius 2 is 2.05 bits per heavy atom. The van der Waals surface area contributed by atoms with Crippen LogP contribution in [0.1, 0.15) is 26.2 Å². The van der Waals surface area contributed by atoms with Crippen molar-refractivity contribution < 1.29 is 13.2 Å². The van der Waals surface area contributed by atoms with Gasteiger partial charge in [0, 0.05) is 12.2 Å². The van der Waals surface area contributed by atoms with Gasteiger partial charge in [0.2, 0.25) is 15.9 Å². The summed E-state index contributed by atoms with van der Waals surface area (Å²) in [4.78, 5) is 12.1. The molecule has 2 rings (SSSR count). The third-order valence-electron chi connectivity index (χ3n) is 3.35. The molecule has 0 bridgehead atoms. The Kier molecular flexibility index (Phi) is 5.33. The lowest BCUT2D eigenvalue weighted by Crippen LogP contribution is -2.35. The van der Waals surface area contributed by atoms with E-state index in [2.05, 4.69) is 15.4 Å². The lowest BCUT2D eigenvalue weighted by atomic mass is 10.2. The van der Waals surface area contributed by atoms with Crippen LogP contribution in [0.2, 0.25) is 0 Å². The Balaban J connectivity index is 2.00. The molecule has 1 amide bonds. The normalized spacial score (nSPS) is 18.6. The maximum Gasteiger partial charge on any atom is 0.241 e. The van der Waals surface area contributed by atoms with Crippen LogP contribution in [0.4, 0.5) is 5.69 Å². The fraction of sp³-hybridized carbons (Fsp3) is 0.500. The molecule has 1 fully saturated rings. The van der Waals surface area contributed by atoms with Gasteiger partial charge in [0.05, 0.1) is 10.9 Å². The number of amides is 1. The summed E-state index contributed by atoms with van der Waals surface area (Å²) in [6, 6.07) is 6.05. The number of anilines is 1. The zero-order chi connectivity index (χ0) is 15.3. The third kappa shape index (κ3) is 4.26. The van der Waals surface area contributed by atoms with Crippen LogP contribution >= 0.6 is 0 Å². The van der Waals surface area contributed by atoms with Crippen molar-refractivity contribution in [1.82, 2.24) is 10.0 Å². The molecule has 0 aliphatic carbocycles. The van der Waals surface area contributed by atoms with E-state index in [0.29, 0.717) is 12.2 Å². The first-order valence-electron chi connectivity index (χ1n) is 7.17. The van der Waals surface area contributed by atoms with Crippen molar-refractivity contribution in [3.63, 3.8) is 0 Å². The van der Waals surface area contributed by atoms with Crippen LogP contribution < -0.4 is 15.4 Å². The third-order valence-corrected chi connectivity index (χ3v) is 4.83. The van der Waals surface area contributed by atoms with E-state index >= 15 is 0 Å². The molecular formula is C14H21N3O3S. The summed E-state index contributed by atoms with van der Waals surface area (Å²) in [5.74, 6) is -0.0767. The molecule has 0 radical (unpaired) electrons. The first kappa shape index (κ1) is 15.9. The second kappa shape index (κ2) is 7.02. The van der Waals surface area contributed by atoms with Gasteiger partial charge in [0.25, 0.3) is 0 Å². The van der Waals surface area contributed by atoms with E-state index in [1.54, 1.807) is 12.1 Å². The molecule has 0 spiro atoms. The number of rotatable bonds is 6. The van der Waals surface area contributed by atoms with Crippen molar-refractivity contribution in [3.8, 4) is 0 Å². The molecular weight excluding hydrogens is 290 g/mol. The van der Waals surface area contributed by atoms with Crippen molar-refractivity contribution in [3.05, 3.63) is 24.3 Å². The predicted octanol–water partition coefficient (Wildman–Crippen LogP) is 1.07. The van der Waals surface area contributed by atoms with Crippen molar-refractivity contribution in [2.45, 2.75) is 37.1 Å². The summed E-state index contributed by atoms with van der Waals surface area (Å²) < 4.78 is 26.4. The SMILES string of the molecule is CCCNS(=O)(=O)c1ccc(NC(=O)C2CCCN2)cc1. The lowest BCUT2D eigenvalue weighted by molar-refractivity contribution is -0.117. The quantitative estimate of drug-likeness (QED) is 0.733. The predicted molar refractivity (Wildman–Crippen MR) is 81.6 cm³/mol. The van der Waals surface area contributed by atoms with E-state index in [4.69, 9.17) is 0 Å². The molecule has 0 aromatic heterocycles. The van der Waals surface area contributed by atoms with Crippen LogP contribution in [0, 0.1) is 0 Å². The molecule has 116 valence electrons. The van der Waals surface area contributed by atoms with Gasteiger partial charge in [-0.15, -0.1) is 0 Å². The number of hydrogen-bond donors (Lipinski definition) is 3. The van der Waals surface area contributed by atoms with E-state index in [0.717, 1.165) is 25.8 Å². The standard InChI is InChI=1S/C14H21N3O3S/c1-2-9-16-21(19,20)12-7-5-11(6-8-12)17-14(18)13-4-3-10-15-13/h5-8,13,15-16H,2-4,9-10H2,1H3,(H,17,18). The Labute approximate surface area is 125 Å². The fourth-order valence-electron chi connectivity index (χ4n) is 2.17. The Hall–Kier alpha value is -1.44. The smallest absolute Gasteiger partial charge is 0.241 e. The zero-order valence-electron chi connectivity index (χ0n) is 12.1. The van der Waals surface area contributed by atoms with Gasteiger partial charge in [-0.05, 0) is 50.1 Å². The summed E-state index contributed by atoms with van der Waals surface area (Å²) >= 11 is 0. The largest absolute Gasteiger partial charge is 0.325 e. The molecule has 1 aliphatic rings.